The van der Waals surface area contributed by atoms with Gasteiger partial charge < -0.3 is 4.90 Å². The van der Waals surface area contributed by atoms with Crippen molar-refractivity contribution < 1.29 is 0 Å². The van der Waals surface area contributed by atoms with Crippen molar-refractivity contribution in [3.8, 4) is 0 Å². The minimum atomic E-state index is -0.0128. The van der Waals surface area contributed by atoms with Gasteiger partial charge in [-0.3, -0.25) is 0 Å². The number of rotatable bonds is 0. The van der Waals surface area contributed by atoms with Crippen LogP contribution in [0.3, 0.4) is 0 Å². The number of alkyl halides is 1. The van der Waals surface area contributed by atoms with Gasteiger partial charge in [0.25, 0.3) is 0 Å². The van der Waals surface area contributed by atoms with Crippen molar-refractivity contribution in [2.75, 3.05) is 6.54 Å². The maximum Gasteiger partial charge on any atom is 0.132 e. The van der Waals surface area contributed by atoms with E-state index in [-0.39, 0.29) is 5.50 Å². The second kappa shape index (κ2) is 2.99. The molecule has 0 radical (unpaired) electrons. The molecule has 3 heteroatoms. The summed E-state index contributed by atoms with van der Waals surface area (Å²) in [5.41, 5.74) is 2.17. The molecule has 2 heterocycles. The fourth-order valence-corrected chi connectivity index (χ4v) is 2.54. The molecular formula is C11H11ClN2. The Morgan fingerprint density at radius 1 is 1.36 bits per heavy atom. The highest BCUT2D eigenvalue weighted by molar-refractivity contribution is 6.22. The zero-order valence-corrected chi connectivity index (χ0v) is 8.54. The standard InChI is InChI=1S/C11H11ClN2/c12-11-8-4-1-2-5-9(8)13-10-6-3-7-14(10)11/h1-2,4-5,11H,3,6-7H2. The maximum absolute atomic E-state index is 6.39. The Labute approximate surface area is 88.2 Å². The number of hydrogen-bond acceptors (Lipinski definition) is 2. The number of hydrogen-bond donors (Lipinski definition) is 0. The average molecular weight is 207 g/mol. The van der Waals surface area contributed by atoms with Gasteiger partial charge in [0.05, 0.1) is 5.69 Å². The summed E-state index contributed by atoms with van der Waals surface area (Å²) in [7, 11) is 0. The van der Waals surface area contributed by atoms with Crippen molar-refractivity contribution >= 4 is 23.1 Å². The van der Waals surface area contributed by atoms with Gasteiger partial charge in [-0.25, -0.2) is 4.99 Å². The van der Waals surface area contributed by atoms with Crippen molar-refractivity contribution in [3.63, 3.8) is 0 Å². The largest absolute Gasteiger partial charge is 0.340 e. The molecule has 0 bridgehead atoms. The molecule has 1 atom stereocenters. The Kier molecular flexibility index (Phi) is 1.77. The summed E-state index contributed by atoms with van der Waals surface area (Å²) in [6.07, 6.45) is 2.24. The van der Waals surface area contributed by atoms with Crippen LogP contribution in [0, 0.1) is 0 Å². The predicted molar refractivity (Wildman–Crippen MR) is 58.1 cm³/mol. The van der Waals surface area contributed by atoms with E-state index in [1.807, 2.05) is 18.2 Å². The Morgan fingerprint density at radius 2 is 2.21 bits per heavy atom. The van der Waals surface area contributed by atoms with E-state index in [0.29, 0.717) is 0 Å². The molecule has 0 aromatic heterocycles. The summed E-state index contributed by atoms with van der Waals surface area (Å²) in [4.78, 5) is 6.81. The van der Waals surface area contributed by atoms with Crippen LogP contribution in [0.2, 0.25) is 0 Å². The first-order valence-electron chi connectivity index (χ1n) is 4.93. The minimum absolute atomic E-state index is 0.0128. The number of benzene rings is 1. The van der Waals surface area contributed by atoms with Crippen molar-refractivity contribution in [1.82, 2.24) is 4.90 Å². The Bertz CT molecular complexity index is 400. The second-order valence-corrected chi connectivity index (χ2v) is 4.13. The first-order chi connectivity index (χ1) is 6.86. The molecule has 0 amide bonds. The van der Waals surface area contributed by atoms with Crippen molar-refractivity contribution in [2.24, 2.45) is 4.99 Å². The molecule has 0 spiro atoms. The molecule has 1 saturated heterocycles. The summed E-state index contributed by atoms with van der Waals surface area (Å²) in [6, 6.07) is 8.13. The molecule has 0 saturated carbocycles. The van der Waals surface area contributed by atoms with E-state index in [1.54, 1.807) is 0 Å². The fraction of sp³-hybridized carbons (Fsp3) is 0.364. The second-order valence-electron chi connectivity index (χ2n) is 3.72. The lowest BCUT2D eigenvalue weighted by Crippen LogP contribution is -2.29. The van der Waals surface area contributed by atoms with E-state index in [9.17, 15) is 0 Å². The van der Waals surface area contributed by atoms with E-state index in [1.165, 1.54) is 6.42 Å². The Balaban J connectivity index is 2.15. The number of nitrogens with zero attached hydrogens (tertiary/aromatic N) is 2. The number of aliphatic imine (C=N–C) groups is 1. The predicted octanol–water partition coefficient (Wildman–Crippen LogP) is 3.06. The van der Waals surface area contributed by atoms with Crippen molar-refractivity contribution in [3.05, 3.63) is 29.8 Å². The molecule has 2 aliphatic rings. The number of amidine groups is 1. The Hall–Kier alpha value is -1.02. The lowest BCUT2D eigenvalue weighted by molar-refractivity contribution is 0.425. The highest BCUT2D eigenvalue weighted by Crippen LogP contribution is 2.39. The van der Waals surface area contributed by atoms with E-state index in [2.05, 4.69) is 16.0 Å². The van der Waals surface area contributed by atoms with Crippen LogP contribution >= 0.6 is 11.6 Å². The molecule has 0 aliphatic carbocycles. The van der Waals surface area contributed by atoms with Gasteiger partial charge in [-0.1, -0.05) is 29.8 Å². The third kappa shape index (κ3) is 1.07. The normalized spacial score (nSPS) is 24.2. The quantitative estimate of drug-likeness (QED) is 0.471. The molecular weight excluding hydrogens is 196 g/mol. The summed E-state index contributed by atoms with van der Waals surface area (Å²) in [5, 5.41) is 0. The molecule has 1 aromatic carbocycles. The molecule has 2 nitrogen and oxygen atoms in total. The monoisotopic (exact) mass is 206 g/mol. The first-order valence-corrected chi connectivity index (χ1v) is 5.37. The molecule has 1 unspecified atom stereocenters. The van der Waals surface area contributed by atoms with Gasteiger partial charge in [-0.05, 0) is 12.5 Å². The average Bonchev–Trinajstić information content (AvgIpc) is 2.66. The van der Waals surface area contributed by atoms with Crippen LogP contribution in [0.5, 0.6) is 0 Å². The van der Waals surface area contributed by atoms with Gasteiger partial charge in [0, 0.05) is 18.5 Å². The molecule has 1 fully saturated rings. The summed E-state index contributed by atoms with van der Waals surface area (Å²) < 4.78 is 0. The van der Waals surface area contributed by atoms with E-state index in [0.717, 1.165) is 30.1 Å². The van der Waals surface area contributed by atoms with Crippen LogP contribution in [0.15, 0.2) is 29.3 Å². The highest BCUT2D eigenvalue weighted by atomic mass is 35.5. The summed E-state index contributed by atoms with van der Waals surface area (Å²) in [5.74, 6) is 1.16. The SMILES string of the molecule is ClC1c2ccccc2N=C2CCCN21. The minimum Gasteiger partial charge on any atom is -0.340 e. The third-order valence-electron chi connectivity index (χ3n) is 2.85. The molecule has 1 aromatic rings. The lowest BCUT2D eigenvalue weighted by atomic mass is 10.1. The smallest absolute Gasteiger partial charge is 0.132 e. The van der Waals surface area contributed by atoms with Crippen LogP contribution in [-0.4, -0.2) is 17.3 Å². The number of para-hydroxylation sites is 1. The number of halogens is 1. The van der Waals surface area contributed by atoms with Crippen LogP contribution in [0.1, 0.15) is 23.9 Å². The van der Waals surface area contributed by atoms with Crippen LogP contribution in [0.4, 0.5) is 5.69 Å². The van der Waals surface area contributed by atoms with Crippen LogP contribution < -0.4 is 0 Å². The van der Waals surface area contributed by atoms with Gasteiger partial charge in [0.15, 0.2) is 0 Å². The summed E-state index contributed by atoms with van der Waals surface area (Å²) >= 11 is 6.39. The van der Waals surface area contributed by atoms with Gasteiger partial charge in [0.2, 0.25) is 0 Å². The van der Waals surface area contributed by atoms with Crippen molar-refractivity contribution in [2.45, 2.75) is 18.3 Å². The van der Waals surface area contributed by atoms with Crippen LogP contribution in [0.25, 0.3) is 0 Å². The van der Waals surface area contributed by atoms with Gasteiger partial charge in [-0.2, -0.15) is 0 Å². The number of fused-ring (bicyclic) bond motifs is 2. The van der Waals surface area contributed by atoms with Crippen LogP contribution in [-0.2, 0) is 0 Å². The summed E-state index contributed by atoms with van der Waals surface area (Å²) in [6.45, 7) is 1.04. The third-order valence-corrected chi connectivity index (χ3v) is 3.32. The molecule has 0 N–H and O–H groups in total. The molecule has 2 aliphatic heterocycles. The topological polar surface area (TPSA) is 15.6 Å². The molecule has 3 rings (SSSR count). The van der Waals surface area contributed by atoms with E-state index >= 15 is 0 Å². The zero-order valence-electron chi connectivity index (χ0n) is 7.78. The maximum atomic E-state index is 6.39. The molecule has 72 valence electrons. The Morgan fingerprint density at radius 3 is 3.14 bits per heavy atom. The highest BCUT2D eigenvalue weighted by Gasteiger charge is 2.30. The van der Waals surface area contributed by atoms with E-state index in [4.69, 9.17) is 11.6 Å². The van der Waals surface area contributed by atoms with E-state index < -0.39 is 0 Å². The van der Waals surface area contributed by atoms with Gasteiger partial charge in [0.1, 0.15) is 11.3 Å². The van der Waals surface area contributed by atoms with Gasteiger partial charge >= 0.3 is 0 Å². The zero-order chi connectivity index (χ0) is 9.54. The molecule has 14 heavy (non-hydrogen) atoms. The van der Waals surface area contributed by atoms with Gasteiger partial charge in [-0.15, -0.1) is 0 Å². The lowest BCUT2D eigenvalue weighted by Gasteiger charge is -2.29. The first kappa shape index (κ1) is 8.30. The fourth-order valence-electron chi connectivity index (χ4n) is 2.14. The van der Waals surface area contributed by atoms with Crippen molar-refractivity contribution in [1.29, 1.82) is 0 Å².